The maximum Gasteiger partial charge on any atom is 0.119 e. The fraction of sp³-hybridized carbons (Fsp3) is 0.250. The first-order valence-corrected chi connectivity index (χ1v) is 6.27. The summed E-state index contributed by atoms with van der Waals surface area (Å²) in [7, 11) is 1.71. The first-order valence-electron chi connectivity index (χ1n) is 6.27. The van der Waals surface area contributed by atoms with Crippen molar-refractivity contribution in [3.8, 4) is 5.75 Å². The Kier molecular flexibility index (Phi) is 2.71. The Balaban J connectivity index is 1.91. The van der Waals surface area contributed by atoms with Crippen molar-refractivity contribution in [2.45, 2.75) is 19.4 Å². The molecule has 2 heteroatoms. The van der Waals surface area contributed by atoms with E-state index in [-0.39, 0.29) is 0 Å². The molecule has 0 aromatic heterocycles. The molecule has 92 valence electrons. The van der Waals surface area contributed by atoms with Gasteiger partial charge in [0.25, 0.3) is 0 Å². The Bertz CT molecular complexity index is 577. The number of aryl methyl sites for hydroxylation is 1. The lowest BCUT2D eigenvalue weighted by Gasteiger charge is -2.14. The minimum absolute atomic E-state index is 0.383. The number of rotatable bonds is 2. The lowest BCUT2D eigenvalue weighted by Crippen LogP contribution is -2.07. The molecule has 1 atom stereocenters. The van der Waals surface area contributed by atoms with Crippen molar-refractivity contribution < 1.29 is 4.74 Å². The number of nitrogens with one attached hydrogen (secondary N) is 1. The van der Waals surface area contributed by atoms with Crippen molar-refractivity contribution in [1.29, 1.82) is 0 Å². The number of hydrogen-bond donors (Lipinski definition) is 1. The van der Waals surface area contributed by atoms with E-state index in [9.17, 15) is 0 Å². The molecule has 0 spiro atoms. The summed E-state index contributed by atoms with van der Waals surface area (Å²) in [6.07, 6.45) is 1.03. The van der Waals surface area contributed by atoms with Crippen molar-refractivity contribution in [2.24, 2.45) is 0 Å². The van der Waals surface area contributed by atoms with E-state index in [2.05, 4.69) is 48.6 Å². The molecule has 0 fully saturated rings. The van der Waals surface area contributed by atoms with Crippen LogP contribution >= 0.6 is 0 Å². The highest BCUT2D eigenvalue weighted by atomic mass is 16.5. The molecule has 18 heavy (non-hydrogen) atoms. The summed E-state index contributed by atoms with van der Waals surface area (Å²) >= 11 is 0. The van der Waals surface area contributed by atoms with Crippen molar-refractivity contribution in [3.05, 3.63) is 59.2 Å². The van der Waals surface area contributed by atoms with Gasteiger partial charge in [0, 0.05) is 5.69 Å². The Morgan fingerprint density at radius 1 is 1.17 bits per heavy atom. The molecular weight excluding hydrogens is 222 g/mol. The minimum atomic E-state index is 0.383. The Morgan fingerprint density at radius 3 is 2.78 bits per heavy atom. The molecule has 0 radical (unpaired) electrons. The molecule has 2 aromatic carbocycles. The van der Waals surface area contributed by atoms with Gasteiger partial charge in [0.05, 0.1) is 13.2 Å². The van der Waals surface area contributed by atoms with Crippen LogP contribution < -0.4 is 10.1 Å². The number of benzene rings is 2. The molecule has 1 aliphatic heterocycles. The summed E-state index contributed by atoms with van der Waals surface area (Å²) in [5.74, 6) is 0.931. The second-order valence-electron chi connectivity index (χ2n) is 4.78. The topological polar surface area (TPSA) is 21.3 Å². The molecule has 3 rings (SSSR count). The van der Waals surface area contributed by atoms with Crippen molar-refractivity contribution >= 4 is 5.69 Å². The molecule has 2 aromatic rings. The van der Waals surface area contributed by atoms with E-state index in [1.165, 1.54) is 22.4 Å². The van der Waals surface area contributed by atoms with E-state index in [0.717, 1.165) is 12.2 Å². The molecule has 0 amide bonds. The van der Waals surface area contributed by atoms with Crippen LogP contribution in [0.15, 0.2) is 42.5 Å². The normalized spacial score (nSPS) is 17.1. The largest absolute Gasteiger partial charge is 0.497 e. The van der Waals surface area contributed by atoms with Gasteiger partial charge in [-0.15, -0.1) is 0 Å². The molecule has 1 N–H and O–H groups in total. The Morgan fingerprint density at radius 2 is 2.00 bits per heavy atom. The molecule has 0 saturated heterocycles. The van der Waals surface area contributed by atoms with Gasteiger partial charge in [0.2, 0.25) is 0 Å². The number of ether oxygens (including phenoxy) is 1. The van der Waals surface area contributed by atoms with E-state index in [1.54, 1.807) is 7.11 Å². The second kappa shape index (κ2) is 4.37. The number of hydrogen-bond acceptors (Lipinski definition) is 2. The van der Waals surface area contributed by atoms with Gasteiger partial charge in [-0.3, -0.25) is 0 Å². The van der Waals surface area contributed by atoms with Crippen LogP contribution in [0.4, 0.5) is 5.69 Å². The predicted octanol–water partition coefficient (Wildman–Crippen LogP) is 3.71. The van der Waals surface area contributed by atoms with Gasteiger partial charge in [0.1, 0.15) is 5.75 Å². The molecule has 0 bridgehead atoms. The Hall–Kier alpha value is -1.96. The molecule has 1 unspecified atom stereocenters. The van der Waals surface area contributed by atoms with Gasteiger partial charge in [-0.2, -0.15) is 0 Å². The summed E-state index contributed by atoms with van der Waals surface area (Å²) in [4.78, 5) is 0. The van der Waals surface area contributed by atoms with Gasteiger partial charge in [-0.25, -0.2) is 0 Å². The molecule has 0 saturated carbocycles. The third-order valence-corrected chi connectivity index (χ3v) is 3.63. The molecule has 1 heterocycles. The predicted molar refractivity (Wildman–Crippen MR) is 74.2 cm³/mol. The van der Waals surface area contributed by atoms with Crippen LogP contribution in [0.25, 0.3) is 0 Å². The summed E-state index contributed by atoms with van der Waals surface area (Å²) in [5.41, 5.74) is 5.29. The van der Waals surface area contributed by atoms with Gasteiger partial charge in [-0.1, -0.05) is 24.3 Å². The van der Waals surface area contributed by atoms with Crippen LogP contribution in [0, 0.1) is 6.92 Å². The number of anilines is 1. The molecule has 1 aliphatic rings. The van der Waals surface area contributed by atoms with Crippen molar-refractivity contribution in [3.63, 3.8) is 0 Å². The van der Waals surface area contributed by atoms with Gasteiger partial charge < -0.3 is 10.1 Å². The smallest absolute Gasteiger partial charge is 0.119 e. The van der Waals surface area contributed by atoms with Crippen LogP contribution in [0.3, 0.4) is 0 Å². The molecule has 0 aliphatic carbocycles. The third kappa shape index (κ3) is 1.84. The first kappa shape index (κ1) is 11.1. The summed E-state index contributed by atoms with van der Waals surface area (Å²) in [5, 5.41) is 3.59. The van der Waals surface area contributed by atoms with E-state index in [4.69, 9.17) is 4.74 Å². The minimum Gasteiger partial charge on any atom is -0.497 e. The van der Waals surface area contributed by atoms with Crippen LogP contribution in [-0.2, 0) is 6.42 Å². The summed E-state index contributed by atoms with van der Waals surface area (Å²) in [6, 6.07) is 15.2. The van der Waals surface area contributed by atoms with Crippen LogP contribution in [-0.4, -0.2) is 7.11 Å². The van der Waals surface area contributed by atoms with E-state index in [0.29, 0.717) is 6.04 Å². The van der Waals surface area contributed by atoms with Crippen LogP contribution in [0.1, 0.15) is 22.7 Å². The van der Waals surface area contributed by atoms with Gasteiger partial charge in [-0.05, 0) is 48.2 Å². The molecule has 2 nitrogen and oxygen atoms in total. The highest BCUT2D eigenvalue weighted by Crippen LogP contribution is 2.36. The second-order valence-corrected chi connectivity index (χ2v) is 4.78. The zero-order chi connectivity index (χ0) is 12.5. The lowest BCUT2D eigenvalue weighted by atomic mass is 9.99. The Labute approximate surface area is 108 Å². The van der Waals surface area contributed by atoms with E-state index >= 15 is 0 Å². The number of fused-ring (bicyclic) bond motifs is 1. The zero-order valence-corrected chi connectivity index (χ0v) is 10.7. The van der Waals surface area contributed by atoms with Crippen molar-refractivity contribution in [1.82, 2.24) is 0 Å². The fourth-order valence-corrected chi connectivity index (χ4v) is 2.63. The quantitative estimate of drug-likeness (QED) is 0.862. The van der Waals surface area contributed by atoms with Crippen LogP contribution in [0.5, 0.6) is 5.75 Å². The SMILES string of the molecule is COc1ccc2c(c1)CC(c1ccccc1C)N2. The highest BCUT2D eigenvalue weighted by molar-refractivity contribution is 5.60. The summed E-state index contributed by atoms with van der Waals surface area (Å²) in [6.45, 7) is 2.17. The van der Waals surface area contributed by atoms with Gasteiger partial charge >= 0.3 is 0 Å². The zero-order valence-electron chi connectivity index (χ0n) is 10.7. The van der Waals surface area contributed by atoms with E-state index in [1.807, 2.05) is 6.07 Å². The third-order valence-electron chi connectivity index (χ3n) is 3.63. The molecular formula is C16H17NO. The highest BCUT2D eigenvalue weighted by Gasteiger charge is 2.23. The number of methoxy groups -OCH3 is 1. The monoisotopic (exact) mass is 239 g/mol. The van der Waals surface area contributed by atoms with Crippen LogP contribution in [0.2, 0.25) is 0 Å². The maximum atomic E-state index is 5.28. The average Bonchev–Trinajstić information content (AvgIpc) is 2.81. The lowest BCUT2D eigenvalue weighted by molar-refractivity contribution is 0.414. The van der Waals surface area contributed by atoms with Crippen molar-refractivity contribution in [2.75, 3.05) is 12.4 Å². The maximum absolute atomic E-state index is 5.28. The summed E-state index contributed by atoms with van der Waals surface area (Å²) < 4.78 is 5.28. The van der Waals surface area contributed by atoms with E-state index < -0.39 is 0 Å². The standard InChI is InChI=1S/C16H17NO/c1-11-5-3-4-6-14(11)16-10-12-9-13(18-2)7-8-15(12)17-16/h3-9,16-17H,10H2,1-2H3. The average molecular weight is 239 g/mol. The first-order chi connectivity index (χ1) is 8.78. The fourth-order valence-electron chi connectivity index (χ4n) is 2.63. The van der Waals surface area contributed by atoms with Gasteiger partial charge in [0.15, 0.2) is 0 Å².